The molecule has 0 saturated carbocycles. The summed E-state index contributed by atoms with van der Waals surface area (Å²) in [5.41, 5.74) is 4.19. The summed E-state index contributed by atoms with van der Waals surface area (Å²) in [7, 11) is 0. The molecule has 126 valence electrons. The summed E-state index contributed by atoms with van der Waals surface area (Å²) in [5.74, 6) is 1.03. The van der Waals surface area contributed by atoms with Crippen molar-refractivity contribution < 1.29 is 9.53 Å². The number of amides is 1. The Morgan fingerprint density at radius 2 is 1.88 bits per heavy atom. The molecule has 3 nitrogen and oxygen atoms in total. The predicted molar refractivity (Wildman–Crippen MR) is 96.7 cm³/mol. The quantitative estimate of drug-likeness (QED) is 0.845. The van der Waals surface area contributed by atoms with Crippen LogP contribution in [0.1, 0.15) is 40.4 Å². The Balaban J connectivity index is 1.68. The van der Waals surface area contributed by atoms with Crippen molar-refractivity contribution in [1.82, 2.24) is 4.90 Å². The molecule has 0 aromatic heterocycles. The zero-order valence-electron chi connectivity index (χ0n) is 14.7. The van der Waals surface area contributed by atoms with E-state index < -0.39 is 0 Å². The number of ether oxygens (including phenoxy) is 1. The minimum Gasteiger partial charge on any atom is -0.489 e. The highest BCUT2D eigenvalue weighted by Gasteiger charge is 2.29. The fourth-order valence-electron chi connectivity index (χ4n) is 3.35. The van der Waals surface area contributed by atoms with Crippen LogP contribution in [0.5, 0.6) is 5.75 Å². The number of hydrogen-bond donors (Lipinski definition) is 0. The lowest BCUT2D eigenvalue weighted by Crippen LogP contribution is -2.31. The van der Waals surface area contributed by atoms with Gasteiger partial charge in [-0.1, -0.05) is 37.3 Å². The maximum absolute atomic E-state index is 12.9. The van der Waals surface area contributed by atoms with Crippen LogP contribution >= 0.6 is 0 Å². The van der Waals surface area contributed by atoms with Crippen molar-refractivity contribution in [3.05, 3.63) is 64.7 Å². The van der Waals surface area contributed by atoms with Gasteiger partial charge in [0.25, 0.3) is 5.91 Å². The maximum atomic E-state index is 12.9. The molecule has 2 aromatic carbocycles. The van der Waals surface area contributed by atoms with E-state index in [-0.39, 0.29) is 12.0 Å². The first-order valence-electron chi connectivity index (χ1n) is 8.69. The molecule has 0 aliphatic carbocycles. The van der Waals surface area contributed by atoms with E-state index in [1.165, 1.54) is 5.56 Å². The van der Waals surface area contributed by atoms with Crippen LogP contribution in [-0.4, -0.2) is 30.0 Å². The lowest BCUT2D eigenvalue weighted by Gasteiger charge is -2.19. The number of rotatable bonds is 4. The van der Waals surface area contributed by atoms with E-state index in [0.717, 1.165) is 41.8 Å². The van der Waals surface area contributed by atoms with Crippen molar-refractivity contribution in [3.63, 3.8) is 0 Å². The van der Waals surface area contributed by atoms with Crippen LogP contribution in [0.15, 0.2) is 42.5 Å². The van der Waals surface area contributed by atoms with Gasteiger partial charge in [0.05, 0.1) is 6.54 Å². The highest BCUT2D eigenvalue weighted by Crippen LogP contribution is 2.23. The molecule has 24 heavy (non-hydrogen) atoms. The van der Waals surface area contributed by atoms with Gasteiger partial charge in [0.15, 0.2) is 0 Å². The largest absolute Gasteiger partial charge is 0.489 e. The number of carbonyl (C=O) groups is 1. The summed E-state index contributed by atoms with van der Waals surface area (Å²) in [5, 5.41) is 0. The lowest BCUT2D eigenvalue weighted by atomic mass is 10.0. The first kappa shape index (κ1) is 16.6. The summed E-state index contributed by atoms with van der Waals surface area (Å²) in [6.07, 6.45) is 1.96. The summed E-state index contributed by atoms with van der Waals surface area (Å²) in [6, 6.07) is 14.2. The maximum Gasteiger partial charge on any atom is 0.254 e. The number of nitrogens with zero attached hydrogens (tertiary/aromatic N) is 1. The van der Waals surface area contributed by atoms with Gasteiger partial charge in [-0.25, -0.2) is 0 Å². The molecule has 2 aromatic rings. The van der Waals surface area contributed by atoms with Gasteiger partial charge in [0.1, 0.15) is 11.9 Å². The number of hydrogen-bond acceptors (Lipinski definition) is 2. The summed E-state index contributed by atoms with van der Waals surface area (Å²) < 4.78 is 6.10. The van der Waals surface area contributed by atoms with E-state index in [9.17, 15) is 4.79 Å². The molecule has 0 N–H and O–H groups in total. The first-order chi connectivity index (χ1) is 11.6. The van der Waals surface area contributed by atoms with Gasteiger partial charge in [-0.3, -0.25) is 4.79 Å². The van der Waals surface area contributed by atoms with Gasteiger partial charge in [0, 0.05) is 18.5 Å². The van der Waals surface area contributed by atoms with Crippen LogP contribution in [0.3, 0.4) is 0 Å². The van der Waals surface area contributed by atoms with E-state index in [0.29, 0.717) is 6.54 Å². The van der Waals surface area contributed by atoms with Crippen molar-refractivity contribution in [2.75, 3.05) is 13.1 Å². The Hall–Kier alpha value is -2.29. The molecule has 1 aliphatic rings. The highest BCUT2D eigenvalue weighted by molar-refractivity contribution is 5.97. The van der Waals surface area contributed by atoms with Gasteiger partial charge >= 0.3 is 0 Å². The van der Waals surface area contributed by atoms with Crippen LogP contribution < -0.4 is 4.74 Å². The molecule has 1 fully saturated rings. The van der Waals surface area contributed by atoms with Crippen LogP contribution in [0.2, 0.25) is 0 Å². The van der Waals surface area contributed by atoms with E-state index in [1.54, 1.807) is 0 Å². The van der Waals surface area contributed by atoms with Crippen molar-refractivity contribution in [2.45, 2.75) is 39.7 Å². The Bertz CT molecular complexity index is 718. The van der Waals surface area contributed by atoms with Crippen molar-refractivity contribution in [1.29, 1.82) is 0 Å². The second-order valence-corrected chi connectivity index (χ2v) is 6.55. The predicted octanol–water partition coefficient (Wildman–Crippen LogP) is 4.16. The van der Waals surface area contributed by atoms with Gasteiger partial charge in [-0.15, -0.1) is 0 Å². The highest BCUT2D eigenvalue weighted by atomic mass is 16.5. The van der Waals surface area contributed by atoms with E-state index in [1.807, 2.05) is 49.1 Å². The monoisotopic (exact) mass is 323 g/mol. The molecule has 3 heteroatoms. The summed E-state index contributed by atoms with van der Waals surface area (Å²) in [6.45, 7) is 7.55. The van der Waals surface area contributed by atoms with Gasteiger partial charge in [0.2, 0.25) is 0 Å². The van der Waals surface area contributed by atoms with Crippen molar-refractivity contribution >= 4 is 5.91 Å². The topological polar surface area (TPSA) is 29.5 Å². The van der Waals surface area contributed by atoms with Crippen molar-refractivity contribution in [2.24, 2.45) is 0 Å². The number of likely N-dealkylation sites (tertiary alicyclic amines) is 1. The molecule has 0 bridgehead atoms. The van der Waals surface area contributed by atoms with E-state index in [4.69, 9.17) is 4.74 Å². The normalized spacial score (nSPS) is 17.1. The second kappa shape index (κ2) is 7.08. The van der Waals surface area contributed by atoms with Gasteiger partial charge < -0.3 is 9.64 Å². The third kappa shape index (κ3) is 3.45. The fourth-order valence-corrected chi connectivity index (χ4v) is 3.35. The van der Waals surface area contributed by atoms with Crippen LogP contribution in [0.4, 0.5) is 0 Å². The number of benzene rings is 2. The minimum atomic E-state index is 0.0744. The SMILES string of the molecule is CCc1cccc(O[C@H]2CCN(C(=O)c3c(C)cccc3C)C2)c1. The van der Waals surface area contributed by atoms with Gasteiger partial charge in [-0.05, 0) is 49.1 Å². The van der Waals surface area contributed by atoms with E-state index >= 15 is 0 Å². The molecule has 3 rings (SSSR count). The average Bonchev–Trinajstić information content (AvgIpc) is 3.03. The summed E-state index contributed by atoms with van der Waals surface area (Å²) in [4.78, 5) is 14.8. The lowest BCUT2D eigenvalue weighted by molar-refractivity contribution is 0.0771. The third-order valence-corrected chi connectivity index (χ3v) is 4.74. The Labute approximate surface area is 144 Å². The molecular formula is C21H25NO2. The summed E-state index contributed by atoms with van der Waals surface area (Å²) >= 11 is 0. The Kier molecular flexibility index (Phi) is 4.89. The minimum absolute atomic E-state index is 0.0744. The third-order valence-electron chi connectivity index (χ3n) is 4.74. The first-order valence-corrected chi connectivity index (χ1v) is 8.69. The second-order valence-electron chi connectivity index (χ2n) is 6.55. The van der Waals surface area contributed by atoms with E-state index in [2.05, 4.69) is 19.1 Å². The van der Waals surface area contributed by atoms with Crippen LogP contribution in [0.25, 0.3) is 0 Å². The standard InChI is InChI=1S/C21H25NO2/c1-4-17-9-6-10-18(13-17)24-19-11-12-22(14-19)21(23)20-15(2)7-5-8-16(20)3/h5-10,13,19H,4,11-12,14H2,1-3H3/t19-/m0/s1. The molecule has 1 amide bonds. The zero-order valence-corrected chi connectivity index (χ0v) is 14.7. The molecule has 1 saturated heterocycles. The van der Waals surface area contributed by atoms with Crippen molar-refractivity contribution in [3.8, 4) is 5.75 Å². The number of carbonyl (C=O) groups excluding carboxylic acids is 1. The molecule has 0 radical (unpaired) electrons. The smallest absolute Gasteiger partial charge is 0.254 e. The Morgan fingerprint density at radius 3 is 2.58 bits per heavy atom. The molecular weight excluding hydrogens is 298 g/mol. The molecule has 0 unspecified atom stereocenters. The van der Waals surface area contributed by atoms with Crippen LogP contribution in [0, 0.1) is 13.8 Å². The van der Waals surface area contributed by atoms with Crippen LogP contribution in [-0.2, 0) is 6.42 Å². The zero-order chi connectivity index (χ0) is 17.1. The molecule has 0 spiro atoms. The molecule has 1 aliphatic heterocycles. The number of aryl methyl sites for hydroxylation is 3. The molecule has 1 heterocycles. The fraction of sp³-hybridized carbons (Fsp3) is 0.381. The Morgan fingerprint density at radius 1 is 1.17 bits per heavy atom. The van der Waals surface area contributed by atoms with Gasteiger partial charge in [-0.2, -0.15) is 0 Å². The molecule has 1 atom stereocenters. The average molecular weight is 323 g/mol.